The minimum absolute atomic E-state index is 0.0778. The molecule has 0 aromatic heterocycles. The third kappa shape index (κ3) is 4.43. The fraction of sp³-hybridized carbons (Fsp3) is 0.444. The third-order valence-corrected chi connectivity index (χ3v) is 4.16. The first-order valence-corrected chi connectivity index (χ1v) is 8.37. The Hall–Kier alpha value is -1.65. The lowest BCUT2D eigenvalue weighted by Crippen LogP contribution is -2.29. The van der Waals surface area contributed by atoms with Gasteiger partial charge in [-0.25, -0.2) is 0 Å². The second-order valence-corrected chi connectivity index (χ2v) is 6.08. The van der Waals surface area contributed by atoms with Gasteiger partial charge in [-0.05, 0) is 37.0 Å². The Balaban J connectivity index is 2.22. The Morgan fingerprint density at radius 2 is 1.78 bits per heavy atom. The van der Waals surface area contributed by atoms with Crippen LogP contribution in [0.3, 0.4) is 0 Å². The van der Waals surface area contributed by atoms with Gasteiger partial charge in [0.05, 0.1) is 17.9 Å². The first-order chi connectivity index (χ1) is 11.1. The van der Waals surface area contributed by atoms with Gasteiger partial charge in [0.15, 0.2) is 11.6 Å². The molecule has 0 saturated heterocycles. The van der Waals surface area contributed by atoms with Gasteiger partial charge in [0.25, 0.3) is 0 Å². The largest absolute Gasteiger partial charge is 0.294 e. The molecule has 5 heteroatoms. The molecule has 1 aromatic rings. The molecule has 23 heavy (non-hydrogen) atoms. The van der Waals surface area contributed by atoms with E-state index < -0.39 is 0 Å². The maximum Gasteiger partial charge on any atom is 0.168 e. The molecule has 0 bridgehead atoms. The van der Waals surface area contributed by atoms with Gasteiger partial charge in [-0.2, -0.15) is 0 Å². The van der Waals surface area contributed by atoms with E-state index in [1.54, 1.807) is 12.1 Å². The van der Waals surface area contributed by atoms with E-state index in [1.165, 1.54) is 0 Å². The Kier molecular flexibility index (Phi) is 6.37. The monoisotopic (exact) mass is 335 g/mol. The van der Waals surface area contributed by atoms with Crippen molar-refractivity contribution < 1.29 is 14.4 Å². The van der Waals surface area contributed by atoms with Crippen molar-refractivity contribution in [1.82, 2.24) is 5.48 Å². The summed E-state index contributed by atoms with van der Waals surface area (Å²) in [5.74, 6) is -0.306. The molecule has 0 atom stereocenters. The van der Waals surface area contributed by atoms with Crippen LogP contribution in [0.25, 0.3) is 0 Å². The number of ketones is 2. The fourth-order valence-electron chi connectivity index (χ4n) is 2.82. The van der Waals surface area contributed by atoms with Crippen molar-refractivity contribution in [2.75, 3.05) is 6.61 Å². The van der Waals surface area contributed by atoms with E-state index in [4.69, 9.17) is 16.4 Å². The van der Waals surface area contributed by atoms with Crippen molar-refractivity contribution >= 4 is 23.2 Å². The minimum Gasteiger partial charge on any atom is -0.294 e. The van der Waals surface area contributed by atoms with Crippen LogP contribution in [-0.4, -0.2) is 18.2 Å². The van der Waals surface area contributed by atoms with Crippen molar-refractivity contribution in [2.45, 2.75) is 45.4 Å². The van der Waals surface area contributed by atoms with E-state index in [2.05, 4.69) is 5.48 Å². The van der Waals surface area contributed by atoms with E-state index in [9.17, 15) is 9.59 Å². The smallest absolute Gasteiger partial charge is 0.168 e. The highest BCUT2D eigenvalue weighted by Crippen LogP contribution is 2.33. The minimum atomic E-state index is -0.114. The number of hydrogen-bond acceptors (Lipinski definition) is 4. The quantitative estimate of drug-likeness (QED) is 0.486. The lowest BCUT2D eigenvalue weighted by atomic mass is 9.79. The number of hydroxylamine groups is 1. The number of allylic oxidation sites excluding steroid dienone is 2. The summed E-state index contributed by atoms with van der Waals surface area (Å²) in [5, 5.41) is 0.647. The number of benzene rings is 1. The van der Waals surface area contributed by atoms with Crippen molar-refractivity contribution in [3.63, 3.8) is 0 Å². The molecular weight excluding hydrogens is 314 g/mol. The van der Waals surface area contributed by atoms with Crippen molar-refractivity contribution in [1.29, 1.82) is 0 Å². The molecule has 2 rings (SSSR count). The first-order valence-electron chi connectivity index (χ1n) is 7.99. The normalized spacial score (nSPS) is 18.2. The maximum atomic E-state index is 12.5. The van der Waals surface area contributed by atoms with Crippen LogP contribution in [0.15, 0.2) is 35.5 Å². The highest BCUT2D eigenvalue weighted by molar-refractivity contribution is 6.30. The Bertz CT molecular complexity index is 587. The van der Waals surface area contributed by atoms with E-state index in [-0.39, 0.29) is 23.1 Å². The molecule has 0 heterocycles. The summed E-state index contributed by atoms with van der Waals surface area (Å²) in [4.78, 5) is 30.3. The van der Waals surface area contributed by atoms with Gasteiger partial charge in [-0.15, -0.1) is 0 Å². The zero-order valence-corrected chi connectivity index (χ0v) is 14.3. The van der Waals surface area contributed by atoms with Crippen LogP contribution in [0.5, 0.6) is 0 Å². The predicted octanol–water partition coefficient (Wildman–Crippen LogP) is 3.95. The van der Waals surface area contributed by atoms with E-state index >= 15 is 0 Å². The van der Waals surface area contributed by atoms with Crippen LogP contribution >= 0.6 is 11.6 Å². The highest BCUT2D eigenvalue weighted by Gasteiger charge is 2.33. The maximum absolute atomic E-state index is 12.5. The van der Waals surface area contributed by atoms with E-state index in [1.807, 2.05) is 26.0 Å². The number of rotatable bonds is 6. The predicted molar refractivity (Wildman–Crippen MR) is 90.1 cm³/mol. The molecule has 1 aliphatic rings. The second kappa shape index (κ2) is 8.27. The van der Waals surface area contributed by atoms with Crippen LogP contribution in [0.4, 0.5) is 0 Å². The van der Waals surface area contributed by atoms with E-state index in [0.29, 0.717) is 36.6 Å². The molecule has 0 radical (unpaired) electrons. The van der Waals surface area contributed by atoms with Gasteiger partial charge in [0.2, 0.25) is 0 Å². The van der Waals surface area contributed by atoms with Crippen LogP contribution < -0.4 is 5.48 Å². The fourth-order valence-corrected chi connectivity index (χ4v) is 2.95. The topological polar surface area (TPSA) is 55.4 Å². The zero-order chi connectivity index (χ0) is 16.8. The molecule has 124 valence electrons. The van der Waals surface area contributed by atoms with Crippen LogP contribution in [-0.2, 0) is 14.4 Å². The van der Waals surface area contributed by atoms with Crippen LogP contribution in [0, 0.1) is 0 Å². The molecule has 1 aliphatic carbocycles. The summed E-state index contributed by atoms with van der Waals surface area (Å²) in [5.41, 5.74) is 4.65. The van der Waals surface area contributed by atoms with Crippen LogP contribution in [0.1, 0.15) is 51.0 Å². The number of halogens is 1. The standard InChI is InChI=1S/C18H22ClNO3/c1-3-5-15(20-23-4-2)18-16(21)10-13(11-17(18)22)12-6-8-14(19)9-7-12/h6-9,13,20H,3-5,10-11H2,1-2H3. The molecular formula is C18H22ClNO3. The Labute approximate surface area is 141 Å². The molecule has 1 saturated carbocycles. The first kappa shape index (κ1) is 17.7. The molecule has 0 unspecified atom stereocenters. The van der Waals surface area contributed by atoms with Gasteiger partial charge >= 0.3 is 0 Å². The second-order valence-electron chi connectivity index (χ2n) is 5.64. The molecule has 1 fully saturated rings. The number of nitrogens with one attached hydrogen (secondary N) is 1. The SMILES string of the molecule is CCCC(NOCC)=C1C(=O)CC(c2ccc(Cl)cc2)CC1=O. The van der Waals surface area contributed by atoms with E-state index in [0.717, 1.165) is 12.0 Å². The summed E-state index contributed by atoms with van der Waals surface area (Å²) in [6.07, 6.45) is 2.13. The van der Waals surface area contributed by atoms with Crippen molar-refractivity contribution in [3.05, 3.63) is 46.1 Å². The van der Waals surface area contributed by atoms with Gasteiger partial charge < -0.3 is 0 Å². The van der Waals surface area contributed by atoms with Crippen LogP contribution in [0.2, 0.25) is 5.02 Å². The summed E-state index contributed by atoms with van der Waals surface area (Å²) in [6.45, 7) is 4.32. The van der Waals surface area contributed by atoms with Gasteiger partial charge in [0.1, 0.15) is 0 Å². The summed E-state index contributed by atoms with van der Waals surface area (Å²) >= 11 is 5.89. The average molecular weight is 336 g/mol. The van der Waals surface area contributed by atoms with Gasteiger partial charge in [-0.3, -0.25) is 19.9 Å². The average Bonchev–Trinajstić information content (AvgIpc) is 2.52. The molecule has 1 N–H and O–H groups in total. The highest BCUT2D eigenvalue weighted by atomic mass is 35.5. The van der Waals surface area contributed by atoms with Gasteiger partial charge in [0, 0.05) is 17.9 Å². The number of carbonyl (C=O) groups excluding carboxylic acids is 2. The summed E-state index contributed by atoms with van der Waals surface area (Å²) in [6, 6.07) is 7.34. The number of carbonyl (C=O) groups is 2. The third-order valence-electron chi connectivity index (χ3n) is 3.90. The molecule has 0 aliphatic heterocycles. The molecule has 4 nitrogen and oxygen atoms in total. The number of Topliss-reactive ketones (excluding diaryl/α,β-unsaturated/α-hetero) is 2. The summed E-state index contributed by atoms with van der Waals surface area (Å²) in [7, 11) is 0. The molecule has 0 spiro atoms. The van der Waals surface area contributed by atoms with Crippen molar-refractivity contribution in [3.8, 4) is 0 Å². The van der Waals surface area contributed by atoms with Crippen molar-refractivity contribution in [2.24, 2.45) is 0 Å². The lowest BCUT2D eigenvalue weighted by molar-refractivity contribution is -0.124. The Morgan fingerprint density at radius 1 is 1.17 bits per heavy atom. The number of hydrogen-bond donors (Lipinski definition) is 1. The Morgan fingerprint density at radius 3 is 2.30 bits per heavy atom. The van der Waals surface area contributed by atoms with Gasteiger partial charge in [-0.1, -0.05) is 37.1 Å². The zero-order valence-electron chi connectivity index (χ0n) is 13.5. The molecule has 1 aromatic carbocycles. The molecule has 0 amide bonds. The lowest BCUT2D eigenvalue weighted by Gasteiger charge is -2.24. The summed E-state index contributed by atoms with van der Waals surface area (Å²) < 4.78 is 0.